The number of carboxylic acids is 1. The summed E-state index contributed by atoms with van der Waals surface area (Å²) in [4.78, 5) is 10.9. The number of aromatic carboxylic acids is 1. The Kier molecular flexibility index (Phi) is 3.72. The van der Waals surface area contributed by atoms with Gasteiger partial charge in [-0.1, -0.05) is 18.2 Å². The van der Waals surface area contributed by atoms with E-state index in [1.165, 1.54) is 25.1 Å². The zero-order valence-corrected chi connectivity index (χ0v) is 10.8. The first-order chi connectivity index (χ1) is 9.70. The fourth-order valence-electron chi connectivity index (χ4n) is 2.06. The van der Waals surface area contributed by atoms with Gasteiger partial charge in [-0.15, -0.1) is 0 Å². The van der Waals surface area contributed by atoms with Crippen molar-refractivity contribution in [2.75, 3.05) is 0 Å². The van der Waals surface area contributed by atoms with Crippen LogP contribution in [0.2, 0.25) is 0 Å². The predicted octanol–water partition coefficient (Wildman–Crippen LogP) is 4.52. The average Bonchev–Trinajstić information content (AvgIpc) is 2.36. The highest BCUT2D eigenvalue weighted by Crippen LogP contribution is 2.33. The van der Waals surface area contributed by atoms with Crippen LogP contribution in [0.4, 0.5) is 17.6 Å². The standard InChI is InChI=1S/C15H10F4O2/c1-8-5-10(7-12(16)13(8)14(20)21)9-3-2-4-11(6-9)15(17,18)19/h2-7H,1H3,(H,20,21). The van der Waals surface area contributed by atoms with Crippen LogP contribution in [0.15, 0.2) is 36.4 Å². The van der Waals surface area contributed by atoms with Crippen LogP contribution in [-0.4, -0.2) is 11.1 Å². The lowest BCUT2D eigenvalue weighted by Gasteiger charge is -2.11. The van der Waals surface area contributed by atoms with Gasteiger partial charge >= 0.3 is 12.1 Å². The molecule has 2 aromatic carbocycles. The van der Waals surface area contributed by atoms with Gasteiger partial charge in [-0.25, -0.2) is 9.18 Å². The highest BCUT2D eigenvalue weighted by Gasteiger charge is 2.30. The fourth-order valence-corrected chi connectivity index (χ4v) is 2.06. The van der Waals surface area contributed by atoms with E-state index in [-0.39, 0.29) is 16.7 Å². The van der Waals surface area contributed by atoms with E-state index < -0.39 is 29.1 Å². The molecule has 0 aliphatic rings. The summed E-state index contributed by atoms with van der Waals surface area (Å²) in [5.74, 6) is -2.39. The lowest BCUT2D eigenvalue weighted by Crippen LogP contribution is -2.05. The quantitative estimate of drug-likeness (QED) is 0.828. The molecule has 110 valence electrons. The van der Waals surface area contributed by atoms with Gasteiger partial charge in [0, 0.05) is 0 Å². The van der Waals surface area contributed by atoms with Crippen molar-refractivity contribution in [3.05, 3.63) is 58.9 Å². The molecule has 0 aliphatic carbocycles. The van der Waals surface area contributed by atoms with E-state index in [2.05, 4.69) is 0 Å². The number of benzene rings is 2. The number of alkyl halides is 3. The minimum absolute atomic E-state index is 0.148. The maximum Gasteiger partial charge on any atom is 0.416 e. The highest BCUT2D eigenvalue weighted by atomic mass is 19.4. The van der Waals surface area contributed by atoms with Crippen molar-refractivity contribution in [3.8, 4) is 11.1 Å². The van der Waals surface area contributed by atoms with Gasteiger partial charge < -0.3 is 5.11 Å². The van der Waals surface area contributed by atoms with Crippen LogP contribution in [0.25, 0.3) is 11.1 Å². The minimum atomic E-state index is -4.50. The van der Waals surface area contributed by atoms with E-state index in [9.17, 15) is 22.4 Å². The summed E-state index contributed by atoms with van der Waals surface area (Å²) < 4.78 is 51.8. The Morgan fingerprint density at radius 3 is 2.29 bits per heavy atom. The number of hydrogen-bond donors (Lipinski definition) is 1. The molecule has 2 aromatic rings. The van der Waals surface area contributed by atoms with Crippen LogP contribution in [0.5, 0.6) is 0 Å². The summed E-state index contributed by atoms with van der Waals surface area (Å²) >= 11 is 0. The predicted molar refractivity (Wildman–Crippen MR) is 68.5 cm³/mol. The molecular formula is C15H10F4O2. The van der Waals surface area contributed by atoms with Crippen molar-refractivity contribution in [1.82, 2.24) is 0 Å². The molecular weight excluding hydrogens is 288 g/mol. The molecule has 2 nitrogen and oxygen atoms in total. The first-order valence-electron chi connectivity index (χ1n) is 5.91. The lowest BCUT2D eigenvalue weighted by molar-refractivity contribution is -0.137. The van der Waals surface area contributed by atoms with Gasteiger partial charge in [0.2, 0.25) is 0 Å². The molecule has 0 saturated carbocycles. The second-order valence-corrected chi connectivity index (χ2v) is 4.53. The number of carboxylic acid groups (broad SMARTS) is 1. The summed E-state index contributed by atoms with van der Waals surface area (Å²) in [5.41, 5.74) is -0.814. The van der Waals surface area contributed by atoms with Crippen LogP contribution < -0.4 is 0 Å². The molecule has 0 fully saturated rings. The first kappa shape index (κ1) is 15.0. The van der Waals surface area contributed by atoms with Crippen molar-refractivity contribution in [1.29, 1.82) is 0 Å². The summed E-state index contributed by atoms with van der Waals surface area (Å²) in [7, 11) is 0. The Balaban J connectivity index is 2.56. The molecule has 0 saturated heterocycles. The average molecular weight is 298 g/mol. The first-order valence-corrected chi connectivity index (χ1v) is 5.91. The highest BCUT2D eigenvalue weighted by molar-refractivity contribution is 5.90. The molecule has 0 heterocycles. The van der Waals surface area contributed by atoms with Crippen molar-refractivity contribution in [2.24, 2.45) is 0 Å². The smallest absolute Gasteiger partial charge is 0.416 e. The summed E-state index contributed by atoms with van der Waals surface area (Å²) in [6.45, 7) is 1.39. The van der Waals surface area contributed by atoms with E-state index in [0.717, 1.165) is 18.2 Å². The largest absolute Gasteiger partial charge is 0.478 e. The molecule has 0 unspecified atom stereocenters. The second kappa shape index (κ2) is 5.20. The molecule has 0 aromatic heterocycles. The Bertz CT molecular complexity index is 682. The normalized spacial score (nSPS) is 11.5. The molecule has 0 radical (unpaired) electrons. The third-order valence-corrected chi connectivity index (χ3v) is 3.02. The summed E-state index contributed by atoms with van der Waals surface area (Å²) in [6, 6.07) is 6.71. The Hall–Kier alpha value is -2.37. The van der Waals surface area contributed by atoms with Crippen molar-refractivity contribution in [2.45, 2.75) is 13.1 Å². The van der Waals surface area contributed by atoms with E-state index in [1.54, 1.807) is 0 Å². The second-order valence-electron chi connectivity index (χ2n) is 4.53. The third kappa shape index (κ3) is 3.04. The minimum Gasteiger partial charge on any atom is -0.478 e. The number of halogens is 4. The van der Waals surface area contributed by atoms with Gasteiger partial charge in [-0.05, 0) is 41.8 Å². The van der Waals surface area contributed by atoms with Gasteiger partial charge in [0.05, 0.1) is 11.1 Å². The molecule has 2 rings (SSSR count). The third-order valence-electron chi connectivity index (χ3n) is 3.02. The molecule has 0 spiro atoms. The van der Waals surface area contributed by atoms with E-state index in [4.69, 9.17) is 5.11 Å². The zero-order valence-electron chi connectivity index (χ0n) is 10.8. The van der Waals surface area contributed by atoms with Gasteiger partial charge in [0.25, 0.3) is 0 Å². The van der Waals surface area contributed by atoms with Gasteiger partial charge in [-0.3, -0.25) is 0 Å². The molecule has 0 atom stereocenters. The van der Waals surface area contributed by atoms with E-state index in [0.29, 0.717) is 0 Å². The summed E-state index contributed by atoms with van der Waals surface area (Å²) in [5, 5.41) is 8.87. The van der Waals surface area contributed by atoms with Crippen molar-refractivity contribution in [3.63, 3.8) is 0 Å². The van der Waals surface area contributed by atoms with Crippen LogP contribution in [0.3, 0.4) is 0 Å². The number of hydrogen-bond acceptors (Lipinski definition) is 1. The molecule has 0 bridgehead atoms. The molecule has 0 aliphatic heterocycles. The molecule has 6 heteroatoms. The lowest BCUT2D eigenvalue weighted by atomic mass is 9.98. The summed E-state index contributed by atoms with van der Waals surface area (Å²) in [6.07, 6.45) is -4.50. The molecule has 1 N–H and O–H groups in total. The number of rotatable bonds is 2. The van der Waals surface area contributed by atoms with Gasteiger partial charge in [0.15, 0.2) is 0 Å². The van der Waals surface area contributed by atoms with Crippen molar-refractivity contribution >= 4 is 5.97 Å². The monoisotopic (exact) mass is 298 g/mol. The van der Waals surface area contributed by atoms with Crippen LogP contribution in [0, 0.1) is 12.7 Å². The molecule has 0 amide bonds. The zero-order chi connectivity index (χ0) is 15.8. The Labute approximate surface area is 117 Å². The number of aryl methyl sites for hydroxylation is 1. The van der Waals surface area contributed by atoms with Gasteiger partial charge in [-0.2, -0.15) is 13.2 Å². The fraction of sp³-hybridized carbons (Fsp3) is 0.133. The maximum absolute atomic E-state index is 13.8. The molecule has 21 heavy (non-hydrogen) atoms. The Morgan fingerprint density at radius 2 is 1.76 bits per heavy atom. The van der Waals surface area contributed by atoms with E-state index >= 15 is 0 Å². The van der Waals surface area contributed by atoms with Crippen LogP contribution in [0.1, 0.15) is 21.5 Å². The van der Waals surface area contributed by atoms with Crippen LogP contribution >= 0.6 is 0 Å². The van der Waals surface area contributed by atoms with E-state index in [1.807, 2.05) is 0 Å². The maximum atomic E-state index is 13.8. The van der Waals surface area contributed by atoms with Crippen LogP contribution in [-0.2, 0) is 6.18 Å². The topological polar surface area (TPSA) is 37.3 Å². The number of carbonyl (C=O) groups is 1. The Morgan fingerprint density at radius 1 is 1.10 bits per heavy atom. The SMILES string of the molecule is Cc1cc(-c2cccc(C(F)(F)F)c2)cc(F)c1C(=O)O. The van der Waals surface area contributed by atoms with Crippen molar-refractivity contribution < 1.29 is 27.5 Å². The van der Waals surface area contributed by atoms with Gasteiger partial charge in [0.1, 0.15) is 5.82 Å².